The first-order chi connectivity index (χ1) is 11.1. The summed E-state index contributed by atoms with van der Waals surface area (Å²) in [6, 6.07) is 6.46. The summed E-state index contributed by atoms with van der Waals surface area (Å²) < 4.78 is 17.9. The first kappa shape index (κ1) is 19.3. The smallest absolute Gasteiger partial charge is 0.314 e. The van der Waals surface area contributed by atoms with Crippen LogP contribution in [0.3, 0.4) is 0 Å². The first-order valence-electron chi connectivity index (χ1n) is 7.53. The molecule has 128 valence electrons. The van der Waals surface area contributed by atoms with Crippen LogP contribution in [-0.2, 0) is 15.3 Å². The number of rotatable bonds is 10. The van der Waals surface area contributed by atoms with Gasteiger partial charge in [0.2, 0.25) is 0 Å². The van der Waals surface area contributed by atoms with Gasteiger partial charge in [-0.25, -0.2) is 9.18 Å². The van der Waals surface area contributed by atoms with Crippen molar-refractivity contribution in [3.63, 3.8) is 0 Å². The molecule has 1 aromatic carbocycles. The number of unbranched alkanes of at least 4 members (excludes halogenated alkanes) is 1. The van der Waals surface area contributed by atoms with Gasteiger partial charge in [0.1, 0.15) is 5.82 Å². The van der Waals surface area contributed by atoms with Crippen LogP contribution in [-0.4, -0.2) is 38.0 Å². The second kappa shape index (κ2) is 11.8. The van der Waals surface area contributed by atoms with Gasteiger partial charge in [0.25, 0.3) is 0 Å². The molecular weight excluding hydrogens is 319 g/mol. The largest absolute Gasteiger partial charge is 0.469 e. The minimum Gasteiger partial charge on any atom is -0.469 e. The highest BCUT2D eigenvalue weighted by atomic mass is 32.2. The van der Waals surface area contributed by atoms with Crippen LogP contribution in [0, 0.1) is 5.82 Å². The zero-order valence-corrected chi connectivity index (χ0v) is 14.1. The Kier molecular flexibility index (Phi) is 9.86. The molecule has 1 rings (SSSR count). The summed E-state index contributed by atoms with van der Waals surface area (Å²) in [7, 11) is 1.36. The quantitative estimate of drug-likeness (QED) is 0.507. The summed E-state index contributed by atoms with van der Waals surface area (Å²) in [5.41, 5.74) is 0.674. The van der Waals surface area contributed by atoms with Gasteiger partial charge < -0.3 is 15.4 Å². The van der Waals surface area contributed by atoms with Crippen molar-refractivity contribution in [1.29, 1.82) is 0 Å². The fourth-order valence-corrected chi connectivity index (χ4v) is 2.64. The maximum Gasteiger partial charge on any atom is 0.314 e. The molecule has 2 N–H and O–H groups in total. The molecule has 0 radical (unpaired) electrons. The third-order valence-electron chi connectivity index (χ3n) is 3.07. The molecule has 23 heavy (non-hydrogen) atoms. The molecule has 5 nitrogen and oxygen atoms in total. The summed E-state index contributed by atoms with van der Waals surface area (Å²) >= 11 is 1.57. The summed E-state index contributed by atoms with van der Waals surface area (Å²) in [6.45, 7) is 1.04. The van der Waals surface area contributed by atoms with Crippen molar-refractivity contribution in [2.75, 3.05) is 26.0 Å². The second-order valence-corrected chi connectivity index (χ2v) is 5.97. The Morgan fingerprint density at radius 3 is 2.65 bits per heavy atom. The topological polar surface area (TPSA) is 67.4 Å². The number of benzene rings is 1. The van der Waals surface area contributed by atoms with Crippen molar-refractivity contribution >= 4 is 23.8 Å². The van der Waals surface area contributed by atoms with E-state index in [1.807, 2.05) is 6.07 Å². The number of nitrogens with one attached hydrogen (secondary N) is 2. The van der Waals surface area contributed by atoms with E-state index in [0.717, 1.165) is 6.42 Å². The van der Waals surface area contributed by atoms with Crippen LogP contribution in [0.1, 0.15) is 24.8 Å². The van der Waals surface area contributed by atoms with Crippen LogP contribution >= 0.6 is 11.8 Å². The van der Waals surface area contributed by atoms with Gasteiger partial charge in [-0.1, -0.05) is 18.2 Å². The molecule has 1 aromatic rings. The molecule has 0 aliphatic rings. The number of carbonyl (C=O) groups is 2. The molecule has 0 aliphatic carbocycles. The van der Waals surface area contributed by atoms with E-state index in [2.05, 4.69) is 15.4 Å². The van der Waals surface area contributed by atoms with Gasteiger partial charge in [-0.05, 0) is 24.5 Å². The van der Waals surface area contributed by atoms with Crippen LogP contribution < -0.4 is 10.6 Å². The number of ether oxygens (including phenoxy) is 1. The van der Waals surface area contributed by atoms with Crippen LogP contribution in [0.4, 0.5) is 9.18 Å². The summed E-state index contributed by atoms with van der Waals surface area (Å²) in [6.07, 6.45) is 1.78. The van der Waals surface area contributed by atoms with E-state index < -0.39 is 0 Å². The van der Waals surface area contributed by atoms with Crippen LogP contribution in [0.5, 0.6) is 0 Å². The number of carbonyl (C=O) groups excluding carboxylic acids is 2. The van der Waals surface area contributed by atoms with Crippen LogP contribution in [0.15, 0.2) is 24.3 Å². The molecular formula is C16H23FN2O3S. The standard InChI is InChI=1S/C16H23FN2O3S/c1-22-15(20)8-4-5-9-18-16(21)19-10-11-23-12-13-6-2-3-7-14(13)17/h2-3,6-7H,4-5,8-12H2,1H3,(H2,18,19,21). The van der Waals surface area contributed by atoms with E-state index in [1.165, 1.54) is 13.2 Å². The Hall–Kier alpha value is -1.76. The average Bonchev–Trinajstić information content (AvgIpc) is 2.55. The molecule has 2 amide bonds. The minimum absolute atomic E-state index is 0.197. The predicted octanol–water partition coefficient (Wildman–Crippen LogP) is 2.70. The van der Waals surface area contributed by atoms with Gasteiger partial charge >= 0.3 is 12.0 Å². The highest BCUT2D eigenvalue weighted by Gasteiger charge is 2.03. The fraction of sp³-hybridized carbons (Fsp3) is 0.500. The van der Waals surface area contributed by atoms with E-state index >= 15 is 0 Å². The first-order valence-corrected chi connectivity index (χ1v) is 8.68. The Bertz CT molecular complexity index is 500. The zero-order valence-electron chi connectivity index (χ0n) is 13.3. The predicted molar refractivity (Wildman–Crippen MR) is 89.8 cm³/mol. The summed E-state index contributed by atoms with van der Waals surface area (Å²) in [5, 5.41) is 5.46. The van der Waals surface area contributed by atoms with Gasteiger partial charge in [0, 0.05) is 31.0 Å². The molecule has 0 aliphatic heterocycles. The van der Waals surface area contributed by atoms with Crippen molar-refractivity contribution in [3.05, 3.63) is 35.6 Å². The lowest BCUT2D eigenvalue weighted by Gasteiger charge is -2.07. The number of methoxy groups -OCH3 is 1. The number of urea groups is 1. The number of amides is 2. The zero-order chi connectivity index (χ0) is 16.9. The molecule has 7 heteroatoms. The highest BCUT2D eigenvalue weighted by molar-refractivity contribution is 7.98. The number of halogens is 1. The van der Waals surface area contributed by atoms with Gasteiger partial charge in [-0.2, -0.15) is 11.8 Å². The lowest BCUT2D eigenvalue weighted by atomic mass is 10.2. The summed E-state index contributed by atoms with van der Waals surface area (Å²) in [5.74, 6) is 0.868. The highest BCUT2D eigenvalue weighted by Crippen LogP contribution is 2.14. The molecule has 0 saturated carbocycles. The molecule has 0 heterocycles. The Labute approximate surface area is 140 Å². The number of thioether (sulfide) groups is 1. The van der Waals surface area contributed by atoms with Gasteiger partial charge in [-0.15, -0.1) is 0 Å². The maximum atomic E-state index is 13.4. The van der Waals surface area contributed by atoms with Gasteiger partial charge in [0.05, 0.1) is 7.11 Å². The number of hydrogen-bond acceptors (Lipinski definition) is 4. The van der Waals surface area contributed by atoms with Crippen molar-refractivity contribution in [1.82, 2.24) is 10.6 Å². The number of hydrogen-bond donors (Lipinski definition) is 2. The van der Waals surface area contributed by atoms with Crippen molar-refractivity contribution in [3.8, 4) is 0 Å². The second-order valence-electron chi connectivity index (χ2n) is 4.86. The average molecular weight is 342 g/mol. The minimum atomic E-state index is -0.235. The van der Waals surface area contributed by atoms with Gasteiger partial charge in [-0.3, -0.25) is 4.79 Å². The lowest BCUT2D eigenvalue weighted by Crippen LogP contribution is -2.37. The molecule has 0 aromatic heterocycles. The molecule has 0 fully saturated rings. The third-order valence-corrected chi connectivity index (χ3v) is 4.08. The summed E-state index contributed by atoms with van der Waals surface area (Å²) in [4.78, 5) is 22.4. The van der Waals surface area contributed by atoms with Crippen molar-refractivity contribution in [2.24, 2.45) is 0 Å². The van der Waals surface area contributed by atoms with E-state index in [-0.39, 0.29) is 17.8 Å². The monoisotopic (exact) mass is 342 g/mol. The maximum absolute atomic E-state index is 13.4. The molecule has 0 spiro atoms. The van der Waals surface area contributed by atoms with Crippen LogP contribution in [0.25, 0.3) is 0 Å². The third kappa shape index (κ3) is 9.07. The lowest BCUT2D eigenvalue weighted by molar-refractivity contribution is -0.140. The fourth-order valence-electron chi connectivity index (χ4n) is 1.80. The Morgan fingerprint density at radius 1 is 1.17 bits per heavy atom. The van der Waals surface area contributed by atoms with Gasteiger partial charge in [0.15, 0.2) is 0 Å². The molecule has 0 saturated heterocycles. The Morgan fingerprint density at radius 2 is 1.91 bits per heavy atom. The Balaban J connectivity index is 1.98. The SMILES string of the molecule is COC(=O)CCCCNC(=O)NCCSCc1ccccc1F. The van der Waals surface area contributed by atoms with E-state index in [1.54, 1.807) is 23.9 Å². The molecule has 0 bridgehead atoms. The molecule has 0 unspecified atom stereocenters. The van der Waals surface area contributed by atoms with E-state index in [4.69, 9.17) is 0 Å². The normalized spacial score (nSPS) is 10.2. The number of esters is 1. The van der Waals surface area contributed by atoms with Crippen molar-refractivity contribution < 1.29 is 18.7 Å². The van der Waals surface area contributed by atoms with Crippen molar-refractivity contribution in [2.45, 2.75) is 25.0 Å². The molecule has 0 atom stereocenters. The van der Waals surface area contributed by atoms with Crippen LogP contribution in [0.2, 0.25) is 0 Å². The van der Waals surface area contributed by atoms with E-state index in [9.17, 15) is 14.0 Å². The van der Waals surface area contributed by atoms with E-state index in [0.29, 0.717) is 43.0 Å².